The maximum absolute atomic E-state index is 11.6. The second kappa shape index (κ2) is 14.4. The van der Waals surface area contributed by atoms with E-state index in [4.69, 9.17) is 0 Å². The number of aliphatic hydroxyl groups is 3. The zero-order valence-corrected chi connectivity index (χ0v) is 17.0. The van der Waals surface area contributed by atoms with E-state index in [1.165, 1.54) is 0 Å². The normalized spacial score (nSPS) is 15.2. The Morgan fingerprint density at radius 2 is 1.67 bits per heavy atom. The van der Waals surface area contributed by atoms with Gasteiger partial charge in [0.25, 0.3) is 5.91 Å². The Balaban J connectivity index is 0. The molecular weight excluding hydrogens is 353 g/mol. The van der Waals surface area contributed by atoms with Gasteiger partial charge in [-0.25, -0.2) is 8.42 Å². The number of hydrogen-bond acceptors (Lipinski definition) is 8. The van der Waals surface area contributed by atoms with Crippen molar-refractivity contribution in [1.82, 2.24) is 5.32 Å². The third-order valence-corrected chi connectivity index (χ3v) is 3.62. The van der Waals surface area contributed by atoms with E-state index in [2.05, 4.69) is 16.4 Å². The van der Waals surface area contributed by atoms with Crippen LogP contribution >= 0.6 is 0 Å². The third kappa shape index (κ3) is 13.5. The van der Waals surface area contributed by atoms with Gasteiger partial charge in [-0.3, -0.25) is 8.98 Å². The SMILES string of the molecule is CCCCCCCCNC(=O)[C@@H](O)[C@H](O)[C@H](O)COS(=O)(=O)[O-].[Na+]. The molecule has 3 atom stereocenters. The van der Waals surface area contributed by atoms with E-state index in [1.54, 1.807) is 0 Å². The first-order valence-electron chi connectivity index (χ1n) is 7.61. The van der Waals surface area contributed by atoms with E-state index < -0.39 is 41.2 Å². The maximum atomic E-state index is 11.6. The van der Waals surface area contributed by atoms with Crippen LogP contribution in [0.25, 0.3) is 0 Å². The fraction of sp³-hybridized carbons (Fsp3) is 0.923. The summed E-state index contributed by atoms with van der Waals surface area (Å²) in [5.41, 5.74) is 0. The number of rotatable bonds is 13. The summed E-state index contributed by atoms with van der Waals surface area (Å²) in [5.74, 6) is -0.893. The van der Waals surface area contributed by atoms with Crippen LogP contribution in [-0.4, -0.2) is 65.7 Å². The summed E-state index contributed by atoms with van der Waals surface area (Å²) in [6.07, 6.45) is 0.305. The molecule has 0 aliphatic carbocycles. The molecule has 0 bridgehead atoms. The molecule has 0 unspecified atom stereocenters. The summed E-state index contributed by atoms with van der Waals surface area (Å²) in [7, 11) is -5.03. The molecule has 0 saturated heterocycles. The van der Waals surface area contributed by atoms with Gasteiger partial charge in [0.15, 0.2) is 6.10 Å². The molecule has 0 aromatic heterocycles. The first-order chi connectivity index (χ1) is 10.7. The van der Waals surface area contributed by atoms with Gasteiger partial charge in [-0.15, -0.1) is 0 Å². The van der Waals surface area contributed by atoms with Gasteiger partial charge in [0, 0.05) is 6.54 Å². The molecule has 0 radical (unpaired) electrons. The number of amides is 1. The van der Waals surface area contributed by atoms with Crippen LogP contribution in [0.1, 0.15) is 45.4 Å². The van der Waals surface area contributed by atoms with Crippen molar-refractivity contribution in [3.05, 3.63) is 0 Å². The molecular formula is C13H26NNaO8S. The summed E-state index contributed by atoms with van der Waals surface area (Å²) in [4.78, 5) is 11.6. The van der Waals surface area contributed by atoms with Crippen molar-refractivity contribution in [2.45, 2.75) is 63.8 Å². The van der Waals surface area contributed by atoms with Crippen LogP contribution in [0.15, 0.2) is 0 Å². The third-order valence-electron chi connectivity index (χ3n) is 3.20. The molecule has 24 heavy (non-hydrogen) atoms. The van der Waals surface area contributed by atoms with Gasteiger partial charge in [0.05, 0.1) is 6.61 Å². The van der Waals surface area contributed by atoms with Crippen LogP contribution in [0.4, 0.5) is 0 Å². The summed E-state index contributed by atoms with van der Waals surface area (Å²) in [6, 6.07) is 0. The number of unbranched alkanes of at least 4 members (excludes halogenated alkanes) is 5. The largest absolute Gasteiger partial charge is 1.00 e. The second-order valence-corrected chi connectivity index (χ2v) is 6.31. The van der Waals surface area contributed by atoms with E-state index in [0.717, 1.165) is 38.5 Å². The van der Waals surface area contributed by atoms with Crippen molar-refractivity contribution in [2.75, 3.05) is 13.2 Å². The molecule has 0 heterocycles. The van der Waals surface area contributed by atoms with Crippen molar-refractivity contribution in [1.29, 1.82) is 0 Å². The topological polar surface area (TPSA) is 156 Å². The van der Waals surface area contributed by atoms with Crippen molar-refractivity contribution < 1.29 is 66.8 Å². The van der Waals surface area contributed by atoms with Crippen molar-refractivity contribution in [3.63, 3.8) is 0 Å². The fourth-order valence-corrected chi connectivity index (χ4v) is 2.14. The van der Waals surface area contributed by atoms with Crippen LogP contribution in [0, 0.1) is 0 Å². The molecule has 0 aromatic carbocycles. The molecule has 0 aromatic rings. The van der Waals surface area contributed by atoms with Crippen LogP contribution in [0.3, 0.4) is 0 Å². The smallest absolute Gasteiger partial charge is 0.726 e. The molecule has 138 valence electrons. The molecule has 0 spiro atoms. The number of carbonyl (C=O) groups excluding carboxylic acids is 1. The van der Waals surface area contributed by atoms with Crippen molar-refractivity contribution in [2.24, 2.45) is 0 Å². The van der Waals surface area contributed by atoms with Crippen molar-refractivity contribution in [3.8, 4) is 0 Å². The molecule has 0 aliphatic heterocycles. The number of carbonyl (C=O) groups is 1. The molecule has 4 N–H and O–H groups in total. The number of aliphatic hydroxyl groups excluding tert-OH is 3. The molecule has 11 heteroatoms. The van der Waals surface area contributed by atoms with E-state index in [1.807, 2.05) is 0 Å². The molecule has 1 amide bonds. The van der Waals surface area contributed by atoms with Gasteiger partial charge in [-0.2, -0.15) is 0 Å². The molecule has 0 fully saturated rings. The van der Waals surface area contributed by atoms with E-state index in [9.17, 15) is 33.1 Å². The van der Waals surface area contributed by atoms with Crippen LogP contribution in [0.5, 0.6) is 0 Å². The standard InChI is InChI=1S/C13H27NO8S.Na/c1-2-3-4-5-6-7-8-14-13(18)12(17)11(16)10(15)9-22-23(19,20)21;/h10-12,15-17H,2-9H2,1H3,(H,14,18)(H,19,20,21);/q;+1/p-1/t10-,11-,12+;/m1./s1. The zero-order chi connectivity index (χ0) is 17.9. The van der Waals surface area contributed by atoms with Gasteiger partial charge in [-0.05, 0) is 6.42 Å². The molecule has 9 nitrogen and oxygen atoms in total. The first kappa shape index (κ1) is 26.4. The van der Waals surface area contributed by atoms with Crippen LogP contribution in [-0.2, 0) is 19.4 Å². The fourth-order valence-electron chi connectivity index (χ4n) is 1.84. The first-order valence-corrected chi connectivity index (χ1v) is 8.94. The van der Waals surface area contributed by atoms with Crippen LogP contribution in [0.2, 0.25) is 0 Å². The average molecular weight is 379 g/mol. The van der Waals surface area contributed by atoms with Gasteiger partial charge in [0.2, 0.25) is 10.4 Å². The monoisotopic (exact) mass is 379 g/mol. The molecule has 0 rings (SSSR count). The van der Waals surface area contributed by atoms with Crippen molar-refractivity contribution >= 4 is 16.3 Å². The van der Waals surface area contributed by atoms with E-state index >= 15 is 0 Å². The Bertz CT molecular complexity index is 434. The number of nitrogens with one attached hydrogen (secondary N) is 1. The minimum absolute atomic E-state index is 0. The Morgan fingerprint density at radius 3 is 2.21 bits per heavy atom. The van der Waals surface area contributed by atoms with E-state index in [0.29, 0.717) is 6.54 Å². The number of hydrogen-bond donors (Lipinski definition) is 4. The molecule has 0 aliphatic rings. The predicted octanol–water partition coefficient (Wildman–Crippen LogP) is -3.97. The summed E-state index contributed by atoms with van der Waals surface area (Å²) in [6.45, 7) is 1.38. The average Bonchev–Trinajstić information content (AvgIpc) is 2.49. The Hall–Kier alpha value is 0.220. The minimum atomic E-state index is -5.03. The Labute approximate surface area is 165 Å². The quantitative estimate of drug-likeness (QED) is 0.109. The van der Waals surface area contributed by atoms with Gasteiger partial charge >= 0.3 is 29.6 Å². The van der Waals surface area contributed by atoms with Gasteiger partial charge in [0.1, 0.15) is 12.2 Å². The van der Waals surface area contributed by atoms with Gasteiger partial charge in [-0.1, -0.05) is 39.0 Å². The zero-order valence-electron chi connectivity index (χ0n) is 14.2. The summed E-state index contributed by atoms with van der Waals surface area (Å²) < 4.78 is 34.4. The Kier molecular flexibility index (Phi) is 15.9. The van der Waals surface area contributed by atoms with Crippen LogP contribution < -0.4 is 34.9 Å². The van der Waals surface area contributed by atoms with Gasteiger partial charge < -0.3 is 25.2 Å². The molecule has 0 saturated carbocycles. The predicted molar refractivity (Wildman–Crippen MR) is 80.1 cm³/mol. The minimum Gasteiger partial charge on any atom is -0.726 e. The maximum Gasteiger partial charge on any atom is 1.00 e. The second-order valence-electron chi connectivity index (χ2n) is 5.25. The Morgan fingerprint density at radius 1 is 1.12 bits per heavy atom. The van der Waals surface area contributed by atoms with E-state index in [-0.39, 0.29) is 29.6 Å². The summed E-state index contributed by atoms with van der Waals surface area (Å²) in [5, 5.41) is 30.8. The summed E-state index contributed by atoms with van der Waals surface area (Å²) >= 11 is 0.